The Morgan fingerprint density at radius 1 is 0.867 bits per heavy atom. The fraction of sp³-hybridized carbons (Fsp3) is 0.417. The fourth-order valence-electron chi connectivity index (χ4n) is 3.33. The van der Waals surface area contributed by atoms with Crippen LogP contribution >= 0.6 is 0 Å². The predicted octanol–water partition coefficient (Wildman–Crippen LogP) is 1.73. The number of nitrogens with one attached hydrogen (secondary N) is 1. The highest BCUT2D eigenvalue weighted by Gasteiger charge is 2.19. The van der Waals surface area contributed by atoms with Crippen molar-refractivity contribution in [2.45, 2.75) is 56.7 Å². The summed E-state index contributed by atoms with van der Waals surface area (Å²) in [6.45, 7) is 0.388. The summed E-state index contributed by atoms with van der Waals surface area (Å²) in [7, 11) is 0. The number of aliphatic hydroxyl groups excluding tert-OH is 1. The molecular weight excluding hydrogens is 378 g/mol. The lowest BCUT2D eigenvalue weighted by Crippen LogP contribution is -2.40. The second kappa shape index (κ2) is 12.9. The van der Waals surface area contributed by atoms with Crippen molar-refractivity contribution >= 4 is 11.7 Å². The maximum Gasteiger partial charge on any atom is 0.222 e. The lowest BCUT2D eigenvalue weighted by atomic mass is 10.00. The Labute approximate surface area is 178 Å². The average molecular weight is 412 g/mol. The van der Waals surface area contributed by atoms with Crippen LogP contribution in [0.3, 0.4) is 0 Å². The van der Waals surface area contributed by atoms with Crippen LogP contribution < -0.4 is 16.8 Å². The van der Waals surface area contributed by atoms with Crippen LogP contribution in [0.5, 0.6) is 0 Å². The molecule has 30 heavy (non-hydrogen) atoms. The minimum absolute atomic E-state index is 0.0517. The third-order valence-corrected chi connectivity index (χ3v) is 4.99. The van der Waals surface area contributed by atoms with E-state index in [2.05, 4.69) is 5.32 Å². The summed E-state index contributed by atoms with van der Waals surface area (Å²) in [5.41, 5.74) is 14.2. The van der Waals surface area contributed by atoms with Crippen LogP contribution in [0.2, 0.25) is 0 Å². The molecular formula is C24H33N3O3. The summed E-state index contributed by atoms with van der Waals surface area (Å²) in [6, 6.07) is 18.8. The summed E-state index contributed by atoms with van der Waals surface area (Å²) in [5, 5.41) is 12.9. The van der Waals surface area contributed by atoms with E-state index < -0.39 is 12.1 Å². The number of carbonyl (C=O) groups excluding carboxylic acids is 2. The lowest BCUT2D eigenvalue weighted by Gasteiger charge is -2.18. The lowest BCUT2D eigenvalue weighted by molar-refractivity contribution is -0.124. The smallest absolute Gasteiger partial charge is 0.222 e. The number of benzene rings is 2. The molecule has 0 aromatic heterocycles. The summed E-state index contributed by atoms with van der Waals surface area (Å²) in [5.74, 6) is -0.170. The SMILES string of the molecule is NC(CC(=O)CCCNC(=O)CC(O)C(N)Cc1ccccc1)Cc1ccccc1. The molecule has 2 rings (SSSR count). The van der Waals surface area contributed by atoms with Crippen LogP contribution in [0.4, 0.5) is 0 Å². The third-order valence-electron chi connectivity index (χ3n) is 4.99. The van der Waals surface area contributed by atoms with E-state index in [1.54, 1.807) is 0 Å². The molecule has 0 heterocycles. The van der Waals surface area contributed by atoms with Gasteiger partial charge in [-0.05, 0) is 30.4 Å². The van der Waals surface area contributed by atoms with Gasteiger partial charge in [0, 0.05) is 31.5 Å². The minimum Gasteiger partial charge on any atom is -0.391 e. The Hall–Kier alpha value is -2.54. The van der Waals surface area contributed by atoms with Gasteiger partial charge < -0.3 is 21.9 Å². The largest absolute Gasteiger partial charge is 0.391 e. The molecule has 2 aromatic rings. The molecule has 3 atom stereocenters. The molecule has 0 spiro atoms. The number of hydrogen-bond donors (Lipinski definition) is 4. The molecule has 0 bridgehead atoms. The van der Waals surface area contributed by atoms with E-state index in [4.69, 9.17) is 11.5 Å². The summed E-state index contributed by atoms with van der Waals surface area (Å²) in [4.78, 5) is 24.1. The standard InChI is InChI=1S/C24H33N3O3/c25-20(14-18-8-3-1-4-9-18)16-21(28)12-7-13-27-24(30)17-23(29)22(26)15-19-10-5-2-6-11-19/h1-6,8-11,20,22-23,29H,7,12-17,25-26H2,(H,27,30). The molecule has 0 fully saturated rings. The molecule has 2 aromatic carbocycles. The molecule has 0 radical (unpaired) electrons. The van der Waals surface area contributed by atoms with E-state index in [9.17, 15) is 14.7 Å². The highest BCUT2D eigenvalue weighted by atomic mass is 16.3. The third kappa shape index (κ3) is 9.31. The average Bonchev–Trinajstić information content (AvgIpc) is 2.72. The number of amides is 1. The number of Topliss-reactive ketones (excluding diaryl/α,β-unsaturated/α-hetero) is 1. The maximum absolute atomic E-state index is 12.1. The van der Waals surface area contributed by atoms with Crippen molar-refractivity contribution < 1.29 is 14.7 Å². The highest BCUT2D eigenvalue weighted by Crippen LogP contribution is 2.08. The first kappa shape index (κ1) is 23.7. The molecule has 0 saturated heterocycles. The Kier molecular flexibility index (Phi) is 10.2. The van der Waals surface area contributed by atoms with E-state index in [-0.39, 0.29) is 24.2 Å². The van der Waals surface area contributed by atoms with Crippen LogP contribution in [0.25, 0.3) is 0 Å². The molecule has 0 aliphatic rings. The molecule has 3 unspecified atom stereocenters. The number of carbonyl (C=O) groups is 2. The van der Waals surface area contributed by atoms with Crippen LogP contribution in [-0.4, -0.2) is 41.5 Å². The first-order valence-electron chi connectivity index (χ1n) is 10.5. The molecule has 162 valence electrons. The van der Waals surface area contributed by atoms with E-state index in [1.165, 1.54) is 0 Å². The number of rotatable bonds is 13. The highest BCUT2D eigenvalue weighted by molar-refractivity contribution is 5.79. The van der Waals surface area contributed by atoms with E-state index in [0.29, 0.717) is 38.6 Å². The molecule has 6 nitrogen and oxygen atoms in total. The number of ketones is 1. The van der Waals surface area contributed by atoms with Crippen LogP contribution in [0, 0.1) is 0 Å². The Morgan fingerprint density at radius 3 is 2.03 bits per heavy atom. The Morgan fingerprint density at radius 2 is 1.43 bits per heavy atom. The van der Waals surface area contributed by atoms with Crippen LogP contribution in [-0.2, 0) is 22.4 Å². The van der Waals surface area contributed by atoms with Gasteiger partial charge in [0.05, 0.1) is 12.5 Å². The van der Waals surface area contributed by atoms with Gasteiger partial charge in [-0.15, -0.1) is 0 Å². The zero-order valence-electron chi connectivity index (χ0n) is 17.4. The van der Waals surface area contributed by atoms with Gasteiger partial charge in [0.1, 0.15) is 5.78 Å². The first-order chi connectivity index (χ1) is 14.4. The quantitative estimate of drug-likeness (QED) is 0.374. The Bertz CT molecular complexity index is 768. The van der Waals surface area contributed by atoms with Gasteiger partial charge in [0.25, 0.3) is 0 Å². The second-order valence-corrected chi connectivity index (χ2v) is 7.77. The van der Waals surface area contributed by atoms with Crippen molar-refractivity contribution in [1.29, 1.82) is 0 Å². The molecule has 0 aliphatic carbocycles. The van der Waals surface area contributed by atoms with Crippen molar-refractivity contribution in [3.8, 4) is 0 Å². The van der Waals surface area contributed by atoms with Crippen LogP contribution in [0.1, 0.15) is 36.8 Å². The van der Waals surface area contributed by atoms with Crippen molar-refractivity contribution in [2.24, 2.45) is 11.5 Å². The summed E-state index contributed by atoms with van der Waals surface area (Å²) < 4.78 is 0. The van der Waals surface area contributed by atoms with Crippen molar-refractivity contribution in [1.82, 2.24) is 5.32 Å². The van der Waals surface area contributed by atoms with Gasteiger partial charge in [-0.3, -0.25) is 9.59 Å². The van der Waals surface area contributed by atoms with Gasteiger partial charge in [-0.2, -0.15) is 0 Å². The van der Waals surface area contributed by atoms with Gasteiger partial charge >= 0.3 is 0 Å². The monoisotopic (exact) mass is 411 g/mol. The van der Waals surface area contributed by atoms with E-state index in [1.807, 2.05) is 60.7 Å². The zero-order chi connectivity index (χ0) is 21.8. The van der Waals surface area contributed by atoms with E-state index in [0.717, 1.165) is 11.1 Å². The van der Waals surface area contributed by atoms with Gasteiger partial charge in [-0.1, -0.05) is 60.7 Å². The summed E-state index contributed by atoms with van der Waals surface area (Å²) >= 11 is 0. The number of aliphatic hydroxyl groups is 1. The van der Waals surface area contributed by atoms with Gasteiger partial charge in [0.15, 0.2) is 0 Å². The number of hydrogen-bond acceptors (Lipinski definition) is 5. The molecule has 6 N–H and O–H groups in total. The maximum atomic E-state index is 12.1. The molecule has 1 amide bonds. The van der Waals surface area contributed by atoms with E-state index >= 15 is 0 Å². The van der Waals surface area contributed by atoms with Crippen molar-refractivity contribution in [3.63, 3.8) is 0 Å². The van der Waals surface area contributed by atoms with Gasteiger partial charge in [0.2, 0.25) is 5.91 Å². The predicted molar refractivity (Wildman–Crippen MR) is 119 cm³/mol. The van der Waals surface area contributed by atoms with Gasteiger partial charge in [-0.25, -0.2) is 0 Å². The fourth-order valence-corrected chi connectivity index (χ4v) is 3.33. The summed E-state index contributed by atoms with van der Waals surface area (Å²) in [6.07, 6.45) is 1.47. The Balaban J connectivity index is 1.58. The zero-order valence-corrected chi connectivity index (χ0v) is 17.4. The van der Waals surface area contributed by atoms with Crippen molar-refractivity contribution in [3.05, 3.63) is 71.8 Å². The minimum atomic E-state index is -0.914. The second-order valence-electron chi connectivity index (χ2n) is 7.77. The van der Waals surface area contributed by atoms with Crippen LogP contribution in [0.15, 0.2) is 60.7 Å². The van der Waals surface area contributed by atoms with Crippen molar-refractivity contribution in [2.75, 3.05) is 6.54 Å². The molecule has 0 aliphatic heterocycles. The molecule has 0 saturated carbocycles. The number of nitrogens with two attached hydrogens (primary N) is 2. The topological polar surface area (TPSA) is 118 Å². The molecule has 6 heteroatoms. The first-order valence-corrected chi connectivity index (χ1v) is 10.5. The normalized spacial score (nSPS) is 14.0.